The second-order valence-corrected chi connectivity index (χ2v) is 5.84. The molecule has 0 fully saturated rings. The van der Waals surface area contributed by atoms with Gasteiger partial charge in [0.1, 0.15) is 17.2 Å². The van der Waals surface area contributed by atoms with Gasteiger partial charge in [-0.3, -0.25) is 9.20 Å². The van der Waals surface area contributed by atoms with Gasteiger partial charge < -0.3 is 5.32 Å². The lowest BCUT2D eigenvalue weighted by Gasteiger charge is -2.07. The first-order chi connectivity index (χ1) is 11.1. The van der Waals surface area contributed by atoms with Gasteiger partial charge in [0.25, 0.3) is 5.91 Å². The number of carbonyl (C=O) groups is 1. The van der Waals surface area contributed by atoms with Crippen LogP contribution in [0.25, 0.3) is 5.65 Å². The zero-order valence-corrected chi connectivity index (χ0v) is 13.8. The van der Waals surface area contributed by atoms with Gasteiger partial charge in [-0.2, -0.15) is 0 Å². The van der Waals surface area contributed by atoms with E-state index < -0.39 is 0 Å². The Morgan fingerprint density at radius 3 is 2.83 bits per heavy atom. The van der Waals surface area contributed by atoms with Crippen molar-refractivity contribution in [2.45, 2.75) is 26.7 Å². The maximum atomic E-state index is 12.7. The molecule has 0 atom stereocenters. The van der Waals surface area contributed by atoms with Gasteiger partial charge in [0.15, 0.2) is 0 Å². The molecule has 0 aliphatic heterocycles. The SMILES string of the molecule is CCCc1nc2ccc(Cl)cn2c1C(=O)Nc1ccc(C)cn1. The Balaban J connectivity index is 2.02. The minimum absolute atomic E-state index is 0.237. The van der Waals surface area contributed by atoms with Gasteiger partial charge in [-0.25, -0.2) is 9.97 Å². The molecule has 0 spiro atoms. The van der Waals surface area contributed by atoms with Crippen LogP contribution in [0.15, 0.2) is 36.7 Å². The van der Waals surface area contributed by atoms with Crippen molar-refractivity contribution in [1.82, 2.24) is 14.4 Å². The minimum atomic E-state index is -0.237. The van der Waals surface area contributed by atoms with Crippen molar-refractivity contribution in [3.63, 3.8) is 0 Å². The number of anilines is 1. The van der Waals surface area contributed by atoms with Crippen LogP contribution in [0.4, 0.5) is 5.82 Å². The fourth-order valence-corrected chi connectivity index (χ4v) is 2.60. The van der Waals surface area contributed by atoms with Gasteiger partial charge in [0, 0.05) is 12.4 Å². The molecule has 0 bridgehead atoms. The van der Waals surface area contributed by atoms with E-state index in [0.717, 1.165) is 24.1 Å². The van der Waals surface area contributed by atoms with Crippen LogP contribution >= 0.6 is 11.6 Å². The van der Waals surface area contributed by atoms with Crippen LogP contribution in [0.5, 0.6) is 0 Å². The third kappa shape index (κ3) is 3.19. The molecule has 0 unspecified atom stereocenters. The van der Waals surface area contributed by atoms with E-state index in [0.29, 0.717) is 22.2 Å². The van der Waals surface area contributed by atoms with Gasteiger partial charge in [-0.05, 0) is 37.1 Å². The molecular formula is C17H17ClN4O. The van der Waals surface area contributed by atoms with Crippen LogP contribution < -0.4 is 5.32 Å². The van der Waals surface area contributed by atoms with E-state index in [1.54, 1.807) is 28.9 Å². The van der Waals surface area contributed by atoms with Gasteiger partial charge in [0.2, 0.25) is 0 Å². The summed E-state index contributed by atoms with van der Waals surface area (Å²) in [4.78, 5) is 21.5. The normalized spacial score (nSPS) is 10.9. The topological polar surface area (TPSA) is 59.3 Å². The summed E-state index contributed by atoms with van der Waals surface area (Å²) in [6.07, 6.45) is 5.05. The van der Waals surface area contributed by atoms with Gasteiger partial charge in [0.05, 0.1) is 10.7 Å². The highest BCUT2D eigenvalue weighted by molar-refractivity contribution is 6.30. The summed E-state index contributed by atoms with van der Waals surface area (Å²) in [5, 5.41) is 3.38. The summed E-state index contributed by atoms with van der Waals surface area (Å²) >= 11 is 6.07. The van der Waals surface area contributed by atoms with Crippen LogP contribution in [-0.2, 0) is 6.42 Å². The monoisotopic (exact) mass is 328 g/mol. The van der Waals surface area contributed by atoms with Crippen LogP contribution in [0.3, 0.4) is 0 Å². The molecule has 5 nitrogen and oxygen atoms in total. The van der Waals surface area contributed by atoms with E-state index in [-0.39, 0.29) is 5.91 Å². The Morgan fingerprint density at radius 1 is 1.30 bits per heavy atom. The number of nitrogens with zero attached hydrogens (tertiary/aromatic N) is 3. The number of fused-ring (bicyclic) bond motifs is 1. The number of aryl methyl sites for hydroxylation is 2. The van der Waals surface area contributed by atoms with Crippen LogP contribution in [0, 0.1) is 6.92 Å². The smallest absolute Gasteiger partial charge is 0.275 e. The third-order valence-electron chi connectivity index (χ3n) is 3.51. The second-order valence-electron chi connectivity index (χ2n) is 5.41. The maximum Gasteiger partial charge on any atom is 0.275 e. The van der Waals surface area contributed by atoms with Gasteiger partial charge >= 0.3 is 0 Å². The highest BCUT2D eigenvalue weighted by Gasteiger charge is 2.19. The molecule has 0 saturated heterocycles. The summed E-state index contributed by atoms with van der Waals surface area (Å²) in [7, 11) is 0. The number of hydrogen-bond donors (Lipinski definition) is 1. The Hall–Kier alpha value is -2.40. The summed E-state index contributed by atoms with van der Waals surface area (Å²) in [5.41, 5.74) is 3.02. The van der Waals surface area contributed by atoms with Crippen LogP contribution in [-0.4, -0.2) is 20.3 Å². The highest BCUT2D eigenvalue weighted by Crippen LogP contribution is 2.19. The number of pyridine rings is 2. The number of imidazole rings is 1. The van der Waals surface area contributed by atoms with Crippen LogP contribution in [0.2, 0.25) is 5.02 Å². The summed E-state index contributed by atoms with van der Waals surface area (Å²) in [6.45, 7) is 4.00. The average Bonchev–Trinajstić information content (AvgIpc) is 2.87. The van der Waals surface area contributed by atoms with Crippen molar-refractivity contribution in [2.24, 2.45) is 0 Å². The molecule has 0 aliphatic rings. The lowest BCUT2D eigenvalue weighted by atomic mass is 10.2. The third-order valence-corrected chi connectivity index (χ3v) is 3.73. The first-order valence-electron chi connectivity index (χ1n) is 7.49. The van der Waals surface area contributed by atoms with E-state index in [2.05, 4.69) is 22.2 Å². The molecule has 118 valence electrons. The van der Waals surface area contributed by atoms with E-state index >= 15 is 0 Å². The number of rotatable bonds is 4. The number of carbonyl (C=O) groups excluding carboxylic acids is 1. The Morgan fingerprint density at radius 2 is 2.13 bits per heavy atom. The first kappa shape index (κ1) is 15.5. The highest BCUT2D eigenvalue weighted by atomic mass is 35.5. The van der Waals surface area contributed by atoms with Crippen molar-refractivity contribution in [2.75, 3.05) is 5.32 Å². The quantitative estimate of drug-likeness (QED) is 0.790. The second kappa shape index (κ2) is 6.38. The van der Waals surface area contributed by atoms with Crippen molar-refractivity contribution in [1.29, 1.82) is 0 Å². The molecule has 1 amide bonds. The Labute approximate surface area is 139 Å². The summed E-state index contributed by atoms with van der Waals surface area (Å²) in [5.74, 6) is 0.277. The van der Waals surface area contributed by atoms with Crippen LogP contribution in [0.1, 0.15) is 35.1 Å². The zero-order chi connectivity index (χ0) is 16.4. The van der Waals surface area contributed by atoms with Crippen molar-refractivity contribution in [3.05, 3.63) is 58.6 Å². The number of amides is 1. The fourth-order valence-electron chi connectivity index (χ4n) is 2.44. The molecule has 23 heavy (non-hydrogen) atoms. The summed E-state index contributed by atoms with van der Waals surface area (Å²) < 4.78 is 1.73. The lowest BCUT2D eigenvalue weighted by Crippen LogP contribution is -2.17. The van der Waals surface area contributed by atoms with Crippen molar-refractivity contribution in [3.8, 4) is 0 Å². The first-order valence-corrected chi connectivity index (χ1v) is 7.86. The molecular weight excluding hydrogens is 312 g/mol. The Bertz CT molecular complexity index is 855. The summed E-state index contributed by atoms with van der Waals surface area (Å²) in [6, 6.07) is 7.26. The van der Waals surface area contributed by atoms with Gasteiger partial charge in [-0.15, -0.1) is 0 Å². The molecule has 0 aromatic carbocycles. The van der Waals surface area contributed by atoms with Crippen molar-refractivity contribution < 1.29 is 4.79 Å². The van der Waals surface area contributed by atoms with E-state index in [1.165, 1.54) is 0 Å². The molecule has 6 heteroatoms. The molecule has 1 N–H and O–H groups in total. The average molecular weight is 329 g/mol. The predicted molar refractivity (Wildman–Crippen MR) is 91.1 cm³/mol. The molecule has 3 rings (SSSR count). The van der Waals surface area contributed by atoms with Gasteiger partial charge in [-0.1, -0.05) is 31.0 Å². The Kier molecular flexibility index (Phi) is 4.30. The number of aromatic nitrogens is 3. The number of hydrogen-bond acceptors (Lipinski definition) is 3. The zero-order valence-electron chi connectivity index (χ0n) is 13.0. The molecule has 3 aromatic rings. The predicted octanol–water partition coefficient (Wildman–Crippen LogP) is 3.90. The molecule has 3 aromatic heterocycles. The number of halogens is 1. The van der Waals surface area contributed by atoms with E-state index in [9.17, 15) is 4.79 Å². The number of nitrogens with one attached hydrogen (secondary N) is 1. The molecule has 0 saturated carbocycles. The lowest BCUT2D eigenvalue weighted by molar-refractivity contribution is 0.102. The van der Waals surface area contributed by atoms with E-state index in [4.69, 9.17) is 11.6 Å². The largest absolute Gasteiger partial charge is 0.305 e. The molecule has 3 heterocycles. The standard InChI is InChI=1S/C17H17ClN4O/c1-3-4-13-16(22-10-12(18)6-8-15(22)20-13)17(23)21-14-7-5-11(2)9-19-14/h5-10H,3-4H2,1-2H3,(H,19,21,23). The minimum Gasteiger partial charge on any atom is -0.305 e. The fraction of sp³-hybridized carbons (Fsp3) is 0.235. The molecule has 0 aliphatic carbocycles. The van der Waals surface area contributed by atoms with E-state index in [1.807, 2.05) is 19.1 Å². The maximum absolute atomic E-state index is 12.7. The molecule has 0 radical (unpaired) electrons. The van der Waals surface area contributed by atoms with Crippen molar-refractivity contribution >= 4 is 29.0 Å².